The summed E-state index contributed by atoms with van der Waals surface area (Å²) in [4.78, 5) is 24.9. The van der Waals surface area contributed by atoms with Crippen molar-refractivity contribution >= 4 is 22.3 Å². The number of nitro groups is 1. The molecule has 0 spiro atoms. The van der Waals surface area contributed by atoms with Gasteiger partial charge in [0.25, 0.3) is 5.69 Å². The summed E-state index contributed by atoms with van der Waals surface area (Å²) >= 11 is 0. The highest BCUT2D eigenvalue weighted by Crippen LogP contribution is 2.26. The minimum Gasteiger partial charge on any atom is -0.422 e. The zero-order valence-corrected chi connectivity index (χ0v) is 13.9. The van der Waals surface area contributed by atoms with Gasteiger partial charge in [-0.2, -0.15) is 0 Å². The Kier molecular flexibility index (Phi) is 4.14. The van der Waals surface area contributed by atoms with Crippen LogP contribution in [0.2, 0.25) is 0 Å². The van der Waals surface area contributed by atoms with E-state index in [2.05, 4.69) is 4.90 Å². The first-order valence-corrected chi connectivity index (χ1v) is 8.27. The van der Waals surface area contributed by atoms with E-state index in [0.29, 0.717) is 29.9 Å². The molecule has 2 aromatic carbocycles. The van der Waals surface area contributed by atoms with Crippen LogP contribution in [0.25, 0.3) is 22.1 Å². The molecule has 0 unspecified atom stereocenters. The van der Waals surface area contributed by atoms with Crippen molar-refractivity contribution in [1.29, 1.82) is 0 Å². The van der Waals surface area contributed by atoms with Crippen LogP contribution in [0.1, 0.15) is 0 Å². The standard InChI is InChI=1S/C19H16N2O5/c22-19-17(13-1-4-15(5-2-13)21(23)24)11-14-3-6-16(12-18(14)26-19)20-7-9-25-10-8-20/h1-6,11-12H,7-10H2. The average Bonchev–Trinajstić information content (AvgIpc) is 2.68. The molecular weight excluding hydrogens is 336 g/mol. The second-order valence-electron chi connectivity index (χ2n) is 6.07. The van der Waals surface area contributed by atoms with E-state index in [0.717, 1.165) is 24.2 Å². The van der Waals surface area contributed by atoms with Crippen molar-refractivity contribution in [3.05, 3.63) is 69.1 Å². The van der Waals surface area contributed by atoms with Crippen LogP contribution in [-0.2, 0) is 4.74 Å². The fraction of sp³-hybridized carbons (Fsp3) is 0.211. The summed E-state index contributed by atoms with van der Waals surface area (Å²) in [6.45, 7) is 2.97. The van der Waals surface area contributed by atoms with Crippen molar-refractivity contribution in [3.8, 4) is 11.1 Å². The van der Waals surface area contributed by atoms with Crippen molar-refractivity contribution in [2.75, 3.05) is 31.2 Å². The molecule has 1 aliphatic heterocycles. The summed E-state index contributed by atoms with van der Waals surface area (Å²) in [5.74, 6) is 0. The Morgan fingerprint density at radius 2 is 1.73 bits per heavy atom. The fourth-order valence-corrected chi connectivity index (χ4v) is 3.08. The number of nitro benzene ring substituents is 1. The predicted octanol–water partition coefficient (Wildman–Crippen LogP) is 3.20. The van der Waals surface area contributed by atoms with Gasteiger partial charge in [-0.15, -0.1) is 0 Å². The van der Waals surface area contributed by atoms with Crippen LogP contribution in [0, 0.1) is 10.1 Å². The molecule has 7 heteroatoms. The highest BCUT2D eigenvalue weighted by Gasteiger charge is 2.14. The molecule has 1 fully saturated rings. The Morgan fingerprint density at radius 3 is 2.42 bits per heavy atom. The monoisotopic (exact) mass is 352 g/mol. The first-order valence-electron chi connectivity index (χ1n) is 8.27. The molecular formula is C19H16N2O5. The van der Waals surface area contributed by atoms with E-state index in [1.807, 2.05) is 18.2 Å². The SMILES string of the molecule is O=c1oc2cc(N3CCOCC3)ccc2cc1-c1ccc([N+](=O)[O-])cc1. The van der Waals surface area contributed by atoms with Crippen LogP contribution in [0.5, 0.6) is 0 Å². The lowest BCUT2D eigenvalue weighted by atomic mass is 10.1. The molecule has 0 bridgehead atoms. The minimum atomic E-state index is -0.472. The van der Waals surface area contributed by atoms with Crippen LogP contribution in [0.3, 0.4) is 0 Å². The molecule has 26 heavy (non-hydrogen) atoms. The quantitative estimate of drug-likeness (QED) is 0.409. The molecule has 7 nitrogen and oxygen atoms in total. The van der Waals surface area contributed by atoms with Gasteiger partial charge >= 0.3 is 5.63 Å². The molecule has 0 amide bonds. The Hall–Kier alpha value is -3.19. The number of anilines is 1. The predicted molar refractivity (Wildman–Crippen MR) is 97.6 cm³/mol. The number of nitrogens with zero attached hydrogens (tertiary/aromatic N) is 2. The number of morpholine rings is 1. The van der Waals surface area contributed by atoms with Crippen molar-refractivity contribution in [2.24, 2.45) is 0 Å². The Morgan fingerprint density at radius 1 is 1.00 bits per heavy atom. The van der Waals surface area contributed by atoms with Crippen molar-refractivity contribution < 1.29 is 14.1 Å². The number of fused-ring (bicyclic) bond motifs is 1. The van der Waals surface area contributed by atoms with E-state index in [9.17, 15) is 14.9 Å². The molecule has 132 valence electrons. The molecule has 3 aromatic rings. The zero-order chi connectivity index (χ0) is 18.1. The lowest BCUT2D eigenvalue weighted by molar-refractivity contribution is -0.384. The van der Waals surface area contributed by atoms with Gasteiger partial charge in [0.15, 0.2) is 0 Å². The fourth-order valence-electron chi connectivity index (χ4n) is 3.08. The van der Waals surface area contributed by atoms with E-state index < -0.39 is 10.5 Å². The van der Waals surface area contributed by atoms with Crippen LogP contribution < -0.4 is 10.5 Å². The van der Waals surface area contributed by atoms with Gasteiger partial charge in [-0.1, -0.05) is 0 Å². The highest BCUT2D eigenvalue weighted by atomic mass is 16.6. The van der Waals surface area contributed by atoms with Crippen molar-refractivity contribution in [1.82, 2.24) is 0 Å². The summed E-state index contributed by atoms with van der Waals surface area (Å²) < 4.78 is 10.9. The van der Waals surface area contributed by atoms with Crippen LogP contribution in [0.15, 0.2) is 57.7 Å². The number of rotatable bonds is 3. The molecule has 0 saturated carbocycles. The summed E-state index contributed by atoms with van der Waals surface area (Å²) in [6, 6.07) is 13.4. The second-order valence-corrected chi connectivity index (χ2v) is 6.07. The van der Waals surface area contributed by atoms with E-state index in [4.69, 9.17) is 9.15 Å². The number of benzene rings is 2. The second kappa shape index (κ2) is 6.61. The molecule has 1 aliphatic rings. The average molecular weight is 352 g/mol. The summed E-state index contributed by atoms with van der Waals surface area (Å²) in [5, 5.41) is 11.6. The highest BCUT2D eigenvalue weighted by molar-refractivity contribution is 5.84. The van der Waals surface area contributed by atoms with Gasteiger partial charge in [0.1, 0.15) is 5.58 Å². The summed E-state index contributed by atoms with van der Waals surface area (Å²) in [5.41, 5.74) is 1.99. The van der Waals surface area contributed by atoms with Gasteiger partial charge in [0.05, 0.1) is 23.7 Å². The normalized spacial score (nSPS) is 14.5. The first kappa shape index (κ1) is 16.3. The van der Waals surface area contributed by atoms with Gasteiger partial charge in [-0.05, 0) is 35.9 Å². The molecule has 2 heterocycles. The molecule has 0 N–H and O–H groups in total. The van der Waals surface area contributed by atoms with E-state index >= 15 is 0 Å². The van der Waals surface area contributed by atoms with Gasteiger partial charge in [-0.3, -0.25) is 10.1 Å². The molecule has 0 atom stereocenters. The zero-order valence-electron chi connectivity index (χ0n) is 13.9. The maximum Gasteiger partial charge on any atom is 0.344 e. The van der Waals surface area contributed by atoms with Gasteiger partial charge in [0, 0.05) is 42.4 Å². The Bertz CT molecular complexity index is 1020. The van der Waals surface area contributed by atoms with E-state index in [-0.39, 0.29) is 5.69 Å². The van der Waals surface area contributed by atoms with Crippen LogP contribution in [-0.4, -0.2) is 31.2 Å². The maximum atomic E-state index is 12.4. The third-order valence-corrected chi connectivity index (χ3v) is 4.48. The first-order chi connectivity index (χ1) is 12.6. The molecule has 1 saturated heterocycles. The van der Waals surface area contributed by atoms with Gasteiger partial charge in [-0.25, -0.2) is 4.79 Å². The lowest BCUT2D eigenvalue weighted by Crippen LogP contribution is -2.36. The van der Waals surface area contributed by atoms with Crippen LogP contribution in [0.4, 0.5) is 11.4 Å². The molecule has 4 rings (SSSR count). The maximum absolute atomic E-state index is 12.4. The summed E-state index contributed by atoms with van der Waals surface area (Å²) in [6.07, 6.45) is 0. The van der Waals surface area contributed by atoms with Gasteiger partial charge in [0.2, 0.25) is 0 Å². The Balaban J connectivity index is 1.72. The minimum absolute atomic E-state index is 0.0194. The Labute approximate surface area is 148 Å². The molecule has 0 radical (unpaired) electrons. The number of non-ortho nitro benzene ring substituents is 1. The summed E-state index contributed by atoms with van der Waals surface area (Å²) in [7, 11) is 0. The number of ether oxygens (including phenoxy) is 1. The smallest absolute Gasteiger partial charge is 0.344 e. The lowest BCUT2D eigenvalue weighted by Gasteiger charge is -2.28. The topological polar surface area (TPSA) is 85.8 Å². The third-order valence-electron chi connectivity index (χ3n) is 4.48. The third kappa shape index (κ3) is 3.04. The van der Waals surface area contributed by atoms with Crippen molar-refractivity contribution in [2.45, 2.75) is 0 Å². The number of hydrogen-bond donors (Lipinski definition) is 0. The molecule has 0 aliphatic carbocycles. The molecule has 1 aromatic heterocycles. The van der Waals surface area contributed by atoms with E-state index in [1.54, 1.807) is 18.2 Å². The largest absolute Gasteiger partial charge is 0.422 e. The van der Waals surface area contributed by atoms with Crippen molar-refractivity contribution in [3.63, 3.8) is 0 Å². The van der Waals surface area contributed by atoms with E-state index in [1.165, 1.54) is 12.1 Å². The van der Waals surface area contributed by atoms with Gasteiger partial charge < -0.3 is 14.1 Å². The number of hydrogen-bond acceptors (Lipinski definition) is 6. The van der Waals surface area contributed by atoms with Crippen LogP contribution >= 0.6 is 0 Å².